The molecule has 0 heterocycles. The third-order valence-electron chi connectivity index (χ3n) is 3.39. The highest BCUT2D eigenvalue weighted by Crippen LogP contribution is 2.02. The average Bonchev–Trinajstić information content (AvgIpc) is 2.54. The van der Waals surface area contributed by atoms with Crippen LogP contribution in [0.2, 0.25) is 0 Å². The molecule has 1 aromatic carbocycles. The van der Waals surface area contributed by atoms with Crippen molar-refractivity contribution in [3.8, 4) is 0 Å². The first-order valence-corrected chi connectivity index (χ1v) is 8.09. The fourth-order valence-electron chi connectivity index (χ4n) is 2.01. The molecule has 0 amide bonds. The molecular weight excluding hydrogens is 422 g/mol. The van der Waals surface area contributed by atoms with Crippen molar-refractivity contribution in [2.24, 2.45) is 4.99 Å². The Hall–Kier alpha value is -0.930. The van der Waals surface area contributed by atoms with Gasteiger partial charge in [0, 0.05) is 33.3 Å². The summed E-state index contributed by atoms with van der Waals surface area (Å²) in [4.78, 5) is 6.75. The van der Waals surface area contributed by atoms with E-state index in [9.17, 15) is 4.39 Å². The largest absolute Gasteiger partial charge is 0.383 e. The van der Waals surface area contributed by atoms with Gasteiger partial charge in [0.2, 0.25) is 0 Å². The lowest BCUT2D eigenvalue weighted by atomic mass is 10.1. The number of halogens is 2. The lowest BCUT2D eigenvalue weighted by molar-refractivity contribution is 0.163. The summed E-state index contributed by atoms with van der Waals surface area (Å²) in [6.07, 6.45) is 0.832. The summed E-state index contributed by atoms with van der Waals surface area (Å²) in [5.74, 6) is 0.615. The summed E-state index contributed by atoms with van der Waals surface area (Å²) in [6, 6.07) is 6.60. The van der Waals surface area contributed by atoms with E-state index in [1.165, 1.54) is 12.1 Å². The highest BCUT2D eigenvalue weighted by molar-refractivity contribution is 14.0. The summed E-state index contributed by atoms with van der Waals surface area (Å²) < 4.78 is 17.9. The van der Waals surface area contributed by atoms with Gasteiger partial charge in [0.1, 0.15) is 5.82 Å². The van der Waals surface area contributed by atoms with Crippen LogP contribution in [-0.4, -0.2) is 64.3 Å². The molecule has 0 saturated heterocycles. The molecule has 0 aromatic heterocycles. The van der Waals surface area contributed by atoms with Gasteiger partial charge in [-0.15, -0.1) is 24.0 Å². The first kappa shape index (κ1) is 23.1. The Bertz CT molecular complexity index is 456. The predicted octanol–water partition coefficient (Wildman–Crippen LogP) is 2.12. The second-order valence-electron chi connectivity index (χ2n) is 5.36. The molecule has 1 aromatic rings. The van der Waals surface area contributed by atoms with Gasteiger partial charge in [0.15, 0.2) is 5.96 Å². The second kappa shape index (κ2) is 14.4. The molecule has 0 bridgehead atoms. The van der Waals surface area contributed by atoms with Crippen LogP contribution >= 0.6 is 24.0 Å². The van der Waals surface area contributed by atoms with Crippen LogP contribution in [0.1, 0.15) is 12.5 Å². The van der Waals surface area contributed by atoms with Crippen molar-refractivity contribution in [2.45, 2.75) is 13.3 Å². The van der Waals surface area contributed by atoms with Gasteiger partial charge in [-0.05, 0) is 38.1 Å². The number of likely N-dealkylation sites (N-methyl/N-ethyl adjacent to an activating group) is 1. The third-order valence-corrected chi connectivity index (χ3v) is 3.39. The van der Waals surface area contributed by atoms with Crippen molar-refractivity contribution in [1.29, 1.82) is 0 Å². The lowest BCUT2D eigenvalue weighted by Crippen LogP contribution is -2.39. The van der Waals surface area contributed by atoms with Gasteiger partial charge in [-0.25, -0.2) is 4.39 Å². The summed E-state index contributed by atoms with van der Waals surface area (Å²) in [7, 11) is 3.77. The maximum absolute atomic E-state index is 12.9. The van der Waals surface area contributed by atoms with Crippen LogP contribution in [0.4, 0.5) is 4.39 Å². The first-order chi connectivity index (χ1) is 11.2. The van der Waals surface area contributed by atoms with Crippen molar-refractivity contribution in [3.63, 3.8) is 0 Å². The number of hydrogen-bond acceptors (Lipinski definition) is 3. The number of aliphatic imine (C=N–C) groups is 1. The van der Waals surface area contributed by atoms with Crippen LogP contribution < -0.4 is 10.6 Å². The van der Waals surface area contributed by atoms with Gasteiger partial charge < -0.3 is 20.3 Å². The molecule has 0 radical (unpaired) electrons. The number of hydrogen-bond donors (Lipinski definition) is 2. The molecule has 0 fully saturated rings. The highest BCUT2D eigenvalue weighted by Gasteiger charge is 2.00. The number of ether oxygens (including phenoxy) is 1. The number of guanidine groups is 1. The highest BCUT2D eigenvalue weighted by atomic mass is 127. The Morgan fingerprint density at radius 1 is 1.21 bits per heavy atom. The monoisotopic (exact) mass is 452 g/mol. The molecule has 7 heteroatoms. The summed E-state index contributed by atoms with van der Waals surface area (Å²) >= 11 is 0. The zero-order chi connectivity index (χ0) is 16.9. The van der Waals surface area contributed by atoms with Gasteiger partial charge in [-0.3, -0.25) is 4.99 Å². The summed E-state index contributed by atoms with van der Waals surface area (Å²) in [6.45, 7) is 6.88. The van der Waals surface area contributed by atoms with Crippen LogP contribution in [0.5, 0.6) is 0 Å². The minimum Gasteiger partial charge on any atom is -0.383 e. The average molecular weight is 452 g/mol. The van der Waals surface area contributed by atoms with Crippen LogP contribution in [0, 0.1) is 5.82 Å². The molecule has 0 unspecified atom stereocenters. The van der Waals surface area contributed by atoms with Crippen molar-refractivity contribution < 1.29 is 9.13 Å². The third kappa shape index (κ3) is 10.8. The van der Waals surface area contributed by atoms with Crippen molar-refractivity contribution in [3.05, 3.63) is 35.6 Å². The fourth-order valence-corrected chi connectivity index (χ4v) is 2.01. The van der Waals surface area contributed by atoms with E-state index in [0.717, 1.165) is 57.3 Å². The zero-order valence-corrected chi connectivity index (χ0v) is 17.2. The number of rotatable bonds is 10. The smallest absolute Gasteiger partial charge is 0.191 e. The van der Waals surface area contributed by atoms with E-state index >= 15 is 0 Å². The van der Waals surface area contributed by atoms with Gasteiger partial charge in [0.05, 0.1) is 13.2 Å². The Balaban J connectivity index is 0.00000529. The standard InChI is InChI=1S/C17H29FN4O.HI/c1-4-19-17(21-11-12-22(2)13-14-23-3)20-10-9-15-5-7-16(18)8-6-15;/h5-8H,4,9-14H2,1-3H3,(H2,19,20,21);1H. The molecule has 2 N–H and O–H groups in total. The molecule has 138 valence electrons. The molecule has 0 atom stereocenters. The van der Waals surface area contributed by atoms with Crippen molar-refractivity contribution in [1.82, 2.24) is 15.5 Å². The molecule has 0 aliphatic heterocycles. The maximum Gasteiger partial charge on any atom is 0.191 e. The zero-order valence-electron chi connectivity index (χ0n) is 14.8. The minimum absolute atomic E-state index is 0. The Morgan fingerprint density at radius 2 is 1.92 bits per heavy atom. The quantitative estimate of drug-likeness (QED) is 0.325. The Kier molecular flexibility index (Phi) is 13.9. The number of nitrogens with one attached hydrogen (secondary N) is 2. The van der Waals surface area contributed by atoms with Gasteiger partial charge in [0.25, 0.3) is 0 Å². The molecule has 0 spiro atoms. The van der Waals surface area contributed by atoms with Crippen LogP contribution in [0.25, 0.3) is 0 Å². The van der Waals surface area contributed by atoms with Crippen LogP contribution in [-0.2, 0) is 11.2 Å². The SMILES string of the molecule is CCNC(=NCCN(C)CCOC)NCCc1ccc(F)cc1.I. The fraction of sp³-hybridized carbons (Fsp3) is 0.588. The van der Waals surface area contributed by atoms with Gasteiger partial charge in [-0.2, -0.15) is 0 Å². The van der Waals surface area contributed by atoms with Crippen molar-refractivity contribution >= 4 is 29.9 Å². The molecule has 0 aliphatic carbocycles. The lowest BCUT2D eigenvalue weighted by Gasteiger charge is -2.15. The minimum atomic E-state index is -0.200. The van der Waals surface area contributed by atoms with E-state index in [1.54, 1.807) is 7.11 Å². The molecule has 0 saturated carbocycles. The Labute approximate surface area is 162 Å². The molecule has 5 nitrogen and oxygen atoms in total. The topological polar surface area (TPSA) is 48.9 Å². The van der Waals surface area contributed by atoms with Gasteiger partial charge >= 0.3 is 0 Å². The molecular formula is C17H30FIN4O. The first-order valence-electron chi connectivity index (χ1n) is 8.09. The van der Waals surface area contributed by atoms with E-state index in [0.29, 0.717) is 0 Å². The van der Waals surface area contributed by atoms with E-state index in [2.05, 4.69) is 27.6 Å². The van der Waals surface area contributed by atoms with E-state index in [1.807, 2.05) is 19.1 Å². The second-order valence-corrected chi connectivity index (χ2v) is 5.36. The van der Waals surface area contributed by atoms with Crippen LogP contribution in [0.15, 0.2) is 29.3 Å². The number of methoxy groups -OCH3 is 1. The summed E-state index contributed by atoms with van der Waals surface area (Å²) in [5, 5.41) is 6.53. The molecule has 1 rings (SSSR count). The maximum atomic E-state index is 12.9. The molecule has 0 aliphatic rings. The van der Waals surface area contributed by atoms with E-state index < -0.39 is 0 Å². The predicted molar refractivity (Wildman–Crippen MR) is 109 cm³/mol. The van der Waals surface area contributed by atoms with E-state index in [-0.39, 0.29) is 29.8 Å². The summed E-state index contributed by atoms with van der Waals surface area (Å²) in [5.41, 5.74) is 1.11. The number of benzene rings is 1. The molecule has 24 heavy (non-hydrogen) atoms. The number of nitrogens with zero attached hydrogens (tertiary/aromatic N) is 2. The van der Waals surface area contributed by atoms with Gasteiger partial charge in [-0.1, -0.05) is 12.1 Å². The normalized spacial score (nSPS) is 11.3. The van der Waals surface area contributed by atoms with Crippen LogP contribution in [0.3, 0.4) is 0 Å². The Morgan fingerprint density at radius 3 is 2.54 bits per heavy atom. The van der Waals surface area contributed by atoms with E-state index in [4.69, 9.17) is 4.74 Å². The van der Waals surface area contributed by atoms with Crippen molar-refractivity contribution in [2.75, 3.05) is 53.5 Å².